The zero-order valence-corrected chi connectivity index (χ0v) is 23.3. The van der Waals surface area contributed by atoms with E-state index in [2.05, 4.69) is 5.32 Å². The van der Waals surface area contributed by atoms with E-state index < -0.39 is 67.3 Å². The number of nitrogens with one attached hydrogen (secondary N) is 2. The number of rotatable bonds is 4. The lowest BCUT2D eigenvalue weighted by molar-refractivity contribution is -0.142. The number of anilines is 2. The number of alkyl halides is 5. The van der Waals surface area contributed by atoms with Crippen molar-refractivity contribution in [3.63, 3.8) is 0 Å². The molecule has 2 aromatic carbocycles. The van der Waals surface area contributed by atoms with Crippen LogP contribution >= 0.6 is 46.4 Å². The lowest BCUT2D eigenvalue weighted by Crippen LogP contribution is -2.54. The standard InChI is InChI=1S/C24H19Cl4F5N4O3/c1-36(13-3-10(25)2-11(26)4-13)21(39)18-16-7-23(29,30)9-37(16)22(40)35-19-14(5-12(27)6-15(19)28)17(18)20(38)34-8-24(31,32)33/h2-6,16-18H,7-9H2,1H3,(H,34,38)(H,35,40)/t16-,17-,18+/m0/s1. The predicted octanol–water partition coefficient (Wildman–Crippen LogP) is 6.60. The third-order valence-corrected chi connectivity index (χ3v) is 7.55. The highest BCUT2D eigenvalue weighted by atomic mass is 35.5. The highest BCUT2D eigenvalue weighted by molar-refractivity contribution is 6.37. The summed E-state index contributed by atoms with van der Waals surface area (Å²) in [5.74, 6) is -9.44. The summed E-state index contributed by atoms with van der Waals surface area (Å²) in [6, 6.07) is 3.70. The van der Waals surface area contributed by atoms with Gasteiger partial charge in [-0.15, -0.1) is 0 Å². The zero-order chi connectivity index (χ0) is 29.7. The average Bonchev–Trinajstić information content (AvgIpc) is 3.14. The minimum Gasteiger partial charge on any atom is -0.346 e. The lowest BCUT2D eigenvalue weighted by Gasteiger charge is -2.39. The van der Waals surface area contributed by atoms with Crippen LogP contribution in [-0.4, -0.2) is 61.0 Å². The molecule has 2 aliphatic rings. The first kappa shape index (κ1) is 30.4. The fourth-order valence-electron chi connectivity index (χ4n) is 4.95. The minimum atomic E-state index is -4.83. The summed E-state index contributed by atoms with van der Waals surface area (Å²) in [5.41, 5.74) is -0.386. The van der Waals surface area contributed by atoms with Crippen molar-refractivity contribution in [3.05, 3.63) is 56.0 Å². The summed E-state index contributed by atoms with van der Waals surface area (Å²) in [6.07, 6.45) is -5.88. The first-order chi connectivity index (χ1) is 18.5. The summed E-state index contributed by atoms with van der Waals surface area (Å²) < 4.78 is 68.8. The second-order valence-electron chi connectivity index (χ2n) is 9.40. The van der Waals surface area contributed by atoms with E-state index in [-0.39, 0.29) is 37.0 Å². The Balaban J connectivity index is 1.94. The molecule has 2 N–H and O–H groups in total. The molecule has 3 atom stereocenters. The molecule has 0 saturated carbocycles. The Morgan fingerprint density at radius 3 is 2.27 bits per heavy atom. The molecule has 0 bridgehead atoms. The second-order valence-corrected chi connectivity index (χ2v) is 11.1. The molecule has 0 radical (unpaired) electrons. The molecule has 0 unspecified atom stereocenters. The summed E-state index contributed by atoms with van der Waals surface area (Å²) >= 11 is 24.5. The smallest absolute Gasteiger partial charge is 0.346 e. The van der Waals surface area contributed by atoms with E-state index >= 15 is 0 Å². The molecule has 1 fully saturated rings. The number of urea groups is 1. The number of hydrogen-bond acceptors (Lipinski definition) is 3. The van der Waals surface area contributed by atoms with Crippen molar-refractivity contribution in [2.75, 3.05) is 30.4 Å². The maximum absolute atomic E-state index is 14.8. The van der Waals surface area contributed by atoms with Crippen molar-refractivity contribution < 1.29 is 36.3 Å². The van der Waals surface area contributed by atoms with Gasteiger partial charge in [-0.05, 0) is 35.9 Å². The van der Waals surface area contributed by atoms with E-state index in [0.29, 0.717) is 4.90 Å². The molecular formula is C24H19Cl4F5N4O3. The molecule has 1 saturated heterocycles. The normalized spacial score (nSPS) is 22.0. The fraction of sp³-hybridized carbons (Fsp3) is 0.375. The van der Waals surface area contributed by atoms with Crippen LogP contribution < -0.4 is 15.5 Å². The second kappa shape index (κ2) is 11.0. The van der Waals surface area contributed by atoms with Gasteiger partial charge >= 0.3 is 12.2 Å². The number of benzene rings is 2. The van der Waals surface area contributed by atoms with E-state index in [1.807, 2.05) is 0 Å². The van der Waals surface area contributed by atoms with Gasteiger partial charge in [-0.1, -0.05) is 46.4 Å². The monoisotopic (exact) mass is 646 g/mol. The Labute approximate surface area is 244 Å². The van der Waals surface area contributed by atoms with Crippen LogP contribution in [0, 0.1) is 5.92 Å². The quantitative estimate of drug-likeness (QED) is 0.367. The number of fused-ring (bicyclic) bond motifs is 2. The SMILES string of the molecule is CN(C(=O)[C@H]1[C@@H](C(=O)NCC(F)(F)F)c2cc(Cl)cc(Cl)c2NC(=O)N2CC(F)(F)C[C@@H]12)c1cc(Cl)cc(Cl)c1. The van der Waals surface area contributed by atoms with Crippen molar-refractivity contribution in [2.45, 2.75) is 30.5 Å². The highest BCUT2D eigenvalue weighted by Crippen LogP contribution is 2.47. The number of hydrogen-bond donors (Lipinski definition) is 2. The van der Waals surface area contributed by atoms with Crippen molar-refractivity contribution in [1.82, 2.24) is 10.2 Å². The molecule has 4 amide bonds. The van der Waals surface area contributed by atoms with Crippen LogP contribution in [-0.2, 0) is 9.59 Å². The first-order valence-corrected chi connectivity index (χ1v) is 13.0. The van der Waals surface area contributed by atoms with Crippen LogP contribution in [0.4, 0.5) is 38.1 Å². The number of amides is 4. The van der Waals surface area contributed by atoms with E-state index in [4.69, 9.17) is 46.4 Å². The molecule has 0 spiro atoms. The molecular weight excluding hydrogens is 629 g/mol. The first-order valence-electron chi connectivity index (χ1n) is 11.5. The van der Waals surface area contributed by atoms with E-state index in [1.54, 1.807) is 5.32 Å². The van der Waals surface area contributed by atoms with Crippen molar-refractivity contribution in [2.24, 2.45) is 5.92 Å². The third kappa shape index (κ3) is 6.35. The Kier molecular flexibility index (Phi) is 8.39. The minimum absolute atomic E-state index is 0.0815. The van der Waals surface area contributed by atoms with Crippen LogP contribution in [0.1, 0.15) is 17.9 Å². The topological polar surface area (TPSA) is 81.8 Å². The lowest BCUT2D eigenvalue weighted by atomic mass is 9.77. The average molecular weight is 648 g/mol. The van der Waals surface area contributed by atoms with Gasteiger partial charge in [0.1, 0.15) is 6.54 Å². The molecule has 2 aliphatic heterocycles. The molecule has 0 aromatic heterocycles. The molecule has 2 heterocycles. The Bertz CT molecular complexity index is 1360. The van der Waals surface area contributed by atoms with Gasteiger partial charge in [0, 0.05) is 34.2 Å². The maximum atomic E-state index is 14.8. The van der Waals surface area contributed by atoms with Gasteiger partial charge in [0.15, 0.2) is 0 Å². The van der Waals surface area contributed by atoms with E-state index in [0.717, 1.165) is 11.0 Å². The predicted molar refractivity (Wildman–Crippen MR) is 141 cm³/mol. The summed E-state index contributed by atoms with van der Waals surface area (Å²) in [7, 11) is 1.25. The summed E-state index contributed by atoms with van der Waals surface area (Å²) in [6.45, 7) is -2.89. The number of halogens is 9. The third-order valence-electron chi connectivity index (χ3n) is 6.59. The largest absolute Gasteiger partial charge is 0.405 e. The number of nitrogens with zero attached hydrogens (tertiary/aromatic N) is 2. The Morgan fingerprint density at radius 1 is 1.07 bits per heavy atom. The van der Waals surface area contributed by atoms with Crippen molar-refractivity contribution in [1.29, 1.82) is 0 Å². The van der Waals surface area contributed by atoms with Gasteiger partial charge in [0.05, 0.1) is 35.1 Å². The van der Waals surface area contributed by atoms with E-state index in [1.165, 1.54) is 31.3 Å². The van der Waals surface area contributed by atoms with E-state index in [9.17, 15) is 36.3 Å². The van der Waals surface area contributed by atoms with Crippen molar-refractivity contribution >= 4 is 75.6 Å². The van der Waals surface area contributed by atoms with Crippen LogP contribution in [0.5, 0.6) is 0 Å². The molecule has 16 heteroatoms. The van der Waals surface area contributed by atoms with Gasteiger partial charge in [-0.3, -0.25) is 9.59 Å². The maximum Gasteiger partial charge on any atom is 0.405 e. The van der Waals surface area contributed by atoms with Gasteiger partial charge in [0.2, 0.25) is 11.8 Å². The van der Waals surface area contributed by atoms with Gasteiger partial charge in [-0.2, -0.15) is 13.2 Å². The Morgan fingerprint density at radius 2 is 1.68 bits per heavy atom. The van der Waals surface area contributed by atoms with Crippen molar-refractivity contribution in [3.8, 4) is 0 Å². The number of carbonyl (C=O) groups excluding carboxylic acids is 3. The molecule has 7 nitrogen and oxygen atoms in total. The fourth-order valence-corrected chi connectivity index (χ4v) is 6.02. The van der Waals surface area contributed by atoms with Crippen LogP contribution in [0.2, 0.25) is 20.1 Å². The highest BCUT2D eigenvalue weighted by Gasteiger charge is 2.56. The molecule has 40 heavy (non-hydrogen) atoms. The molecule has 4 rings (SSSR count). The van der Waals surface area contributed by atoms with Crippen LogP contribution in [0.15, 0.2) is 30.3 Å². The molecule has 2 aromatic rings. The number of carbonyl (C=O) groups is 3. The molecule has 0 aliphatic carbocycles. The van der Waals surface area contributed by atoms with Gasteiger partial charge in [0.25, 0.3) is 5.92 Å². The van der Waals surface area contributed by atoms with Crippen LogP contribution in [0.25, 0.3) is 0 Å². The zero-order valence-electron chi connectivity index (χ0n) is 20.3. The van der Waals surface area contributed by atoms with Crippen LogP contribution in [0.3, 0.4) is 0 Å². The van der Waals surface area contributed by atoms with Gasteiger partial charge < -0.3 is 20.4 Å². The molecule has 216 valence electrons. The Hall–Kier alpha value is -2.54. The summed E-state index contributed by atoms with van der Waals surface area (Å²) in [5, 5.41) is 4.03. The summed E-state index contributed by atoms with van der Waals surface area (Å²) in [4.78, 5) is 42.4. The van der Waals surface area contributed by atoms with Gasteiger partial charge in [-0.25, -0.2) is 13.6 Å².